The number of nitrogens with zero attached hydrogens (tertiary/aromatic N) is 4. The predicted octanol–water partition coefficient (Wildman–Crippen LogP) is 1.14. The van der Waals surface area contributed by atoms with Crippen LogP contribution in [0, 0.1) is 0 Å². The number of aromatic nitrogens is 2. The van der Waals surface area contributed by atoms with Crippen LogP contribution in [-0.2, 0) is 0 Å². The molecule has 0 unspecified atom stereocenters. The summed E-state index contributed by atoms with van der Waals surface area (Å²) in [6.07, 6.45) is 10.6. The van der Waals surface area contributed by atoms with E-state index in [1.807, 2.05) is 12.2 Å². The number of hydrogen-bond donors (Lipinski definition) is 0. The van der Waals surface area contributed by atoms with Crippen LogP contribution in [0.2, 0.25) is 0 Å². The molecule has 0 saturated carbocycles. The third-order valence-corrected chi connectivity index (χ3v) is 3.48. The maximum atomic E-state index is 4.47. The van der Waals surface area contributed by atoms with Crippen molar-refractivity contribution in [3.63, 3.8) is 0 Å². The van der Waals surface area contributed by atoms with Crippen molar-refractivity contribution in [1.82, 2.24) is 9.97 Å². The minimum Gasteiger partial charge on any atom is -0.258 e. The predicted molar refractivity (Wildman–Crippen MR) is 77.0 cm³/mol. The van der Waals surface area contributed by atoms with Gasteiger partial charge in [-0.05, 0) is 18.2 Å². The van der Waals surface area contributed by atoms with Crippen molar-refractivity contribution in [2.24, 2.45) is 9.98 Å². The summed E-state index contributed by atoms with van der Waals surface area (Å²) in [5.74, 6) is 0. The van der Waals surface area contributed by atoms with Crippen molar-refractivity contribution in [1.29, 1.82) is 0 Å². The van der Waals surface area contributed by atoms with Gasteiger partial charge in [0.1, 0.15) is 5.35 Å². The smallest absolute Gasteiger partial charge is 0.173 e. The van der Waals surface area contributed by atoms with Gasteiger partial charge in [0, 0.05) is 28.4 Å². The van der Waals surface area contributed by atoms with Crippen molar-refractivity contribution >= 4 is 24.1 Å². The van der Waals surface area contributed by atoms with Crippen LogP contribution >= 0.6 is 11.8 Å². The standard InChI is InChI=1S/C14H10N4S/c1-10-8-11-14(17-7-6-16-11)18-9-12-13(19-10)4-2-3-5-15-12/h3-8H,1,9H2/b11-8+,18-14+. The monoisotopic (exact) mass is 266 g/mol. The average molecular weight is 266 g/mol. The van der Waals surface area contributed by atoms with E-state index >= 15 is 0 Å². The van der Waals surface area contributed by atoms with Gasteiger partial charge in [-0.25, -0.2) is 4.98 Å². The zero-order valence-electron chi connectivity index (χ0n) is 10.1. The topological polar surface area (TPSA) is 50.5 Å². The molecule has 3 heterocycles. The van der Waals surface area contributed by atoms with Gasteiger partial charge in [0.05, 0.1) is 12.2 Å². The molecule has 5 heteroatoms. The number of allylic oxidation sites excluding steroid dienone is 2. The first-order valence-electron chi connectivity index (χ1n) is 5.71. The van der Waals surface area contributed by atoms with Crippen LogP contribution in [0.15, 0.2) is 62.3 Å². The molecule has 1 aromatic rings. The lowest BCUT2D eigenvalue weighted by molar-refractivity contribution is 0.957. The van der Waals surface area contributed by atoms with Gasteiger partial charge in [-0.2, -0.15) is 0 Å². The van der Waals surface area contributed by atoms with Crippen LogP contribution in [0.25, 0.3) is 6.08 Å². The van der Waals surface area contributed by atoms with Gasteiger partial charge in [0.15, 0.2) is 5.49 Å². The fourth-order valence-corrected chi connectivity index (χ4v) is 2.50. The number of hydrogen-bond acceptors (Lipinski definition) is 5. The Bertz CT molecular complexity index is 780. The Morgan fingerprint density at radius 1 is 1.26 bits per heavy atom. The van der Waals surface area contributed by atoms with Crippen molar-refractivity contribution in [2.75, 3.05) is 6.54 Å². The molecule has 19 heavy (non-hydrogen) atoms. The number of thioether (sulfide) groups is 1. The normalized spacial score (nSPS) is 20.9. The maximum absolute atomic E-state index is 4.47. The van der Waals surface area contributed by atoms with Gasteiger partial charge >= 0.3 is 0 Å². The third-order valence-electron chi connectivity index (χ3n) is 2.52. The fraction of sp³-hybridized carbons (Fsp3) is 0.0714. The van der Waals surface area contributed by atoms with E-state index in [2.05, 4.69) is 32.3 Å². The molecule has 2 aliphatic rings. The highest BCUT2D eigenvalue weighted by atomic mass is 32.2. The highest BCUT2D eigenvalue weighted by Crippen LogP contribution is 2.30. The maximum Gasteiger partial charge on any atom is 0.173 e. The lowest BCUT2D eigenvalue weighted by atomic mass is 10.4. The van der Waals surface area contributed by atoms with E-state index in [1.54, 1.807) is 36.4 Å². The highest BCUT2D eigenvalue weighted by Gasteiger charge is 2.08. The molecule has 92 valence electrons. The SMILES string of the molecule is C=C1/C=c2/nccn/c2=N/CC2=C(C=C=CC=N2)S1. The van der Waals surface area contributed by atoms with E-state index in [0.717, 1.165) is 20.9 Å². The van der Waals surface area contributed by atoms with E-state index in [-0.39, 0.29) is 0 Å². The molecular formula is C14H10N4S. The summed E-state index contributed by atoms with van der Waals surface area (Å²) in [6.45, 7) is 4.50. The molecule has 0 fully saturated rings. The summed E-state index contributed by atoms with van der Waals surface area (Å²) >= 11 is 1.54. The van der Waals surface area contributed by atoms with E-state index in [1.165, 1.54) is 0 Å². The largest absolute Gasteiger partial charge is 0.258 e. The molecule has 0 atom stereocenters. The Kier molecular flexibility index (Phi) is 3.23. The van der Waals surface area contributed by atoms with Crippen molar-refractivity contribution < 1.29 is 0 Å². The molecule has 0 aromatic carbocycles. The molecule has 3 rings (SSSR count). The fourth-order valence-electron chi connectivity index (χ4n) is 1.69. The van der Waals surface area contributed by atoms with Crippen LogP contribution in [0.4, 0.5) is 0 Å². The van der Waals surface area contributed by atoms with Crippen LogP contribution in [0.1, 0.15) is 0 Å². The summed E-state index contributed by atoms with van der Waals surface area (Å²) in [6, 6.07) is 0. The Hall–Kier alpha value is -2.23. The Morgan fingerprint density at radius 2 is 2.16 bits per heavy atom. The first-order chi connectivity index (χ1) is 9.33. The van der Waals surface area contributed by atoms with E-state index in [9.17, 15) is 0 Å². The molecule has 0 aliphatic carbocycles. The van der Waals surface area contributed by atoms with Gasteiger partial charge in [-0.15, -0.1) is 5.73 Å². The highest BCUT2D eigenvalue weighted by molar-refractivity contribution is 8.07. The van der Waals surface area contributed by atoms with Crippen LogP contribution in [-0.4, -0.2) is 22.7 Å². The van der Waals surface area contributed by atoms with Crippen molar-refractivity contribution in [2.45, 2.75) is 0 Å². The van der Waals surface area contributed by atoms with Gasteiger partial charge < -0.3 is 0 Å². The number of fused-ring (bicyclic) bond motifs is 1. The molecule has 1 aromatic heterocycles. The third kappa shape index (κ3) is 2.62. The van der Waals surface area contributed by atoms with Crippen molar-refractivity contribution in [3.8, 4) is 0 Å². The summed E-state index contributed by atoms with van der Waals surface area (Å²) < 4.78 is 0. The molecule has 0 radical (unpaired) electrons. The molecular weight excluding hydrogens is 256 g/mol. The molecule has 2 aliphatic heterocycles. The van der Waals surface area contributed by atoms with Gasteiger partial charge in [0.2, 0.25) is 0 Å². The van der Waals surface area contributed by atoms with Gasteiger partial charge in [0.25, 0.3) is 0 Å². The quantitative estimate of drug-likeness (QED) is 0.662. The number of aliphatic imine (C=N–C) groups is 1. The average Bonchev–Trinajstić information content (AvgIpc) is 2.59. The molecule has 0 amide bonds. The number of rotatable bonds is 0. The second kappa shape index (κ2) is 5.18. The summed E-state index contributed by atoms with van der Waals surface area (Å²) in [4.78, 5) is 19.3. The molecule has 4 nitrogen and oxygen atoms in total. The second-order valence-electron chi connectivity index (χ2n) is 3.86. The lowest BCUT2D eigenvalue weighted by Crippen LogP contribution is -2.31. The minimum absolute atomic E-state index is 0.470. The minimum atomic E-state index is 0.470. The molecule has 0 bridgehead atoms. The first kappa shape index (κ1) is 11.8. The van der Waals surface area contributed by atoms with E-state index in [4.69, 9.17) is 0 Å². The van der Waals surface area contributed by atoms with Crippen LogP contribution in [0.5, 0.6) is 0 Å². The van der Waals surface area contributed by atoms with Gasteiger partial charge in [-0.1, -0.05) is 18.3 Å². The lowest BCUT2D eigenvalue weighted by Gasteiger charge is -2.03. The van der Waals surface area contributed by atoms with Crippen LogP contribution in [0.3, 0.4) is 0 Å². The Morgan fingerprint density at radius 3 is 3.11 bits per heavy atom. The van der Waals surface area contributed by atoms with E-state index in [0.29, 0.717) is 12.0 Å². The summed E-state index contributed by atoms with van der Waals surface area (Å²) in [5.41, 5.74) is 4.56. The van der Waals surface area contributed by atoms with E-state index < -0.39 is 0 Å². The second-order valence-corrected chi connectivity index (χ2v) is 5.03. The summed E-state index contributed by atoms with van der Waals surface area (Å²) in [7, 11) is 0. The first-order valence-corrected chi connectivity index (χ1v) is 6.53. The van der Waals surface area contributed by atoms with Crippen molar-refractivity contribution in [3.05, 3.63) is 63.2 Å². The zero-order chi connectivity index (χ0) is 13.1. The Balaban J connectivity index is 2.18. The van der Waals surface area contributed by atoms with Gasteiger partial charge in [-0.3, -0.25) is 15.0 Å². The molecule has 0 saturated heterocycles. The Labute approximate surface area is 114 Å². The molecule has 0 N–H and O–H groups in total. The van der Waals surface area contributed by atoms with Crippen LogP contribution < -0.4 is 10.8 Å². The zero-order valence-corrected chi connectivity index (χ0v) is 10.9. The molecule has 0 spiro atoms. The summed E-state index contributed by atoms with van der Waals surface area (Å²) in [5, 5.41) is 0.737.